The summed E-state index contributed by atoms with van der Waals surface area (Å²) in [5.41, 5.74) is -0.515. The van der Waals surface area contributed by atoms with Crippen molar-refractivity contribution < 1.29 is 13.6 Å². The maximum absolute atomic E-state index is 13.3. The SMILES string of the molecule is C=CCC(=O)c1c(F)ccc(Br)c1F. The summed E-state index contributed by atoms with van der Waals surface area (Å²) in [6.45, 7) is 3.33. The first-order chi connectivity index (χ1) is 6.57. The second-order valence-electron chi connectivity index (χ2n) is 2.63. The summed E-state index contributed by atoms with van der Waals surface area (Å²) in [7, 11) is 0. The van der Waals surface area contributed by atoms with Gasteiger partial charge in [-0.3, -0.25) is 4.79 Å². The van der Waals surface area contributed by atoms with Crippen molar-refractivity contribution in [3.05, 3.63) is 46.5 Å². The average Bonchev–Trinajstić information content (AvgIpc) is 2.13. The fraction of sp³-hybridized carbons (Fsp3) is 0.100. The number of carbonyl (C=O) groups excluding carboxylic acids is 1. The third-order valence-corrected chi connectivity index (χ3v) is 2.27. The molecule has 74 valence electrons. The third kappa shape index (κ3) is 2.07. The normalized spacial score (nSPS) is 9.93. The summed E-state index contributed by atoms with van der Waals surface area (Å²) in [5.74, 6) is -2.33. The average molecular weight is 261 g/mol. The minimum Gasteiger partial charge on any atom is -0.294 e. The number of Topliss-reactive ketones (excluding diaryl/α,β-unsaturated/α-hetero) is 1. The van der Waals surface area contributed by atoms with E-state index in [2.05, 4.69) is 22.5 Å². The molecule has 0 radical (unpaired) electrons. The van der Waals surface area contributed by atoms with Gasteiger partial charge in [-0.1, -0.05) is 6.08 Å². The van der Waals surface area contributed by atoms with E-state index in [1.807, 2.05) is 0 Å². The molecule has 0 aromatic heterocycles. The molecule has 0 aliphatic heterocycles. The highest BCUT2D eigenvalue weighted by atomic mass is 79.9. The lowest BCUT2D eigenvalue weighted by Crippen LogP contribution is -2.05. The van der Waals surface area contributed by atoms with Crippen LogP contribution in [0.1, 0.15) is 16.8 Å². The molecule has 0 saturated carbocycles. The predicted molar refractivity (Wildman–Crippen MR) is 53.2 cm³/mol. The van der Waals surface area contributed by atoms with Gasteiger partial charge in [-0.25, -0.2) is 8.78 Å². The van der Waals surface area contributed by atoms with Crippen LogP contribution < -0.4 is 0 Å². The van der Waals surface area contributed by atoms with Crippen LogP contribution >= 0.6 is 15.9 Å². The van der Waals surface area contributed by atoms with Crippen LogP contribution in [0.15, 0.2) is 29.3 Å². The van der Waals surface area contributed by atoms with Crippen molar-refractivity contribution in [3.8, 4) is 0 Å². The molecule has 1 rings (SSSR count). The number of allylic oxidation sites excluding steroid dienone is 1. The first kappa shape index (κ1) is 11.0. The van der Waals surface area contributed by atoms with Crippen molar-refractivity contribution in [2.75, 3.05) is 0 Å². The van der Waals surface area contributed by atoms with Gasteiger partial charge >= 0.3 is 0 Å². The van der Waals surface area contributed by atoms with E-state index < -0.39 is 23.0 Å². The van der Waals surface area contributed by atoms with E-state index in [1.165, 1.54) is 12.1 Å². The van der Waals surface area contributed by atoms with Crippen LogP contribution in [-0.4, -0.2) is 5.78 Å². The number of halogens is 3. The molecule has 1 nitrogen and oxygen atoms in total. The van der Waals surface area contributed by atoms with Crippen LogP contribution in [0.25, 0.3) is 0 Å². The van der Waals surface area contributed by atoms with Crippen LogP contribution in [0, 0.1) is 11.6 Å². The van der Waals surface area contributed by atoms with Crippen LogP contribution in [0.4, 0.5) is 8.78 Å². The Bertz CT molecular complexity index is 388. The van der Waals surface area contributed by atoms with Crippen LogP contribution in [0.2, 0.25) is 0 Å². The van der Waals surface area contributed by atoms with Gasteiger partial charge in [-0.05, 0) is 28.1 Å². The second-order valence-corrected chi connectivity index (χ2v) is 3.49. The van der Waals surface area contributed by atoms with Crippen molar-refractivity contribution in [3.63, 3.8) is 0 Å². The summed E-state index contributed by atoms with van der Waals surface area (Å²) in [5, 5.41) is 0. The molecule has 0 atom stereocenters. The molecule has 1 aromatic carbocycles. The Balaban J connectivity index is 3.25. The van der Waals surface area contributed by atoms with E-state index in [1.54, 1.807) is 0 Å². The number of hydrogen-bond acceptors (Lipinski definition) is 1. The van der Waals surface area contributed by atoms with Crippen molar-refractivity contribution in [1.29, 1.82) is 0 Å². The smallest absolute Gasteiger partial charge is 0.172 e. The number of benzene rings is 1. The Morgan fingerprint density at radius 2 is 2.14 bits per heavy atom. The van der Waals surface area contributed by atoms with Gasteiger partial charge in [0.1, 0.15) is 5.82 Å². The molecule has 0 unspecified atom stereocenters. The highest BCUT2D eigenvalue weighted by Crippen LogP contribution is 2.22. The molecule has 0 N–H and O–H groups in total. The van der Waals surface area contributed by atoms with Crippen molar-refractivity contribution in [2.45, 2.75) is 6.42 Å². The highest BCUT2D eigenvalue weighted by Gasteiger charge is 2.18. The van der Waals surface area contributed by atoms with Gasteiger partial charge in [0.05, 0.1) is 10.0 Å². The van der Waals surface area contributed by atoms with Crippen molar-refractivity contribution in [2.24, 2.45) is 0 Å². The topological polar surface area (TPSA) is 17.1 Å². The van der Waals surface area contributed by atoms with E-state index in [0.29, 0.717) is 0 Å². The van der Waals surface area contributed by atoms with E-state index in [-0.39, 0.29) is 10.9 Å². The minimum absolute atomic E-state index is 0.0753. The van der Waals surface area contributed by atoms with Gasteiger partial charge < -0.3 is 0 Å². The zero-order valence-corrected chi connectivity index (χ0v) is 8.77. The fourth-order valence-electron chi connectivity index (χ4n) is 1.02. The minimum atomic E-state index is -0.864. The Morgan fingerprint density at radius 3 is 2.71 bits per heavy atom. The molecule has 0 amide bonds. The van der Waals surface area contributed by atoms with Gasteiger partial charge in [-0.15, -0.1) is 6.58 Å². The summed E-state index contributed by atoms with van der Waals surface area (Å²) >= 11 is 2.88. The lowest BCUT2D eigenvalue weighted by molar-refractivity contribution is 0.0987. The molecule has 0 spiro atoms. The zero-order chi connectivity index (χ0) is 10.7. The monoisotopic (exact) mass is 260 g/mol. The van der Waals surface area contributed by atoms with Crippen LogP contribution in [0.3, 0.4) is 0 Å². The first-order valence-corrected chi connectivity index (χ1v) is 4.64. The molecule has 0 saturated heterocycles. The van der Waals surface area contributed by atoms with Gasteiger partial charge in [0.2, 0.25) is 0 Å². The first-order valence-electron chi connectivity index (χ1n) is 3.85. The zero-order valence-electron chi connectivity index (χ0n) is 7.19. The maximum Gasteiger partial charge on any atom is 0.172 e. The molecule has 1 aromatic rings. The summed E-state index contributed by atoms with van der Waals surface area (Å²) < 4.78 is 26.5. The molecule has 0 bridgehead atoms. The summed E-state index contributed by atoms with van der Waals surface area (Å²) in [4.78, 5) is 11.3. The van der Waals surface area contributed by atoms with Gasteiger partial charge in [0, 0.05) is 6.42 Å². The number of carbonyl (C=O) groups is 1. The Kier molecular flexibility index (Phi) is 3.52. The molecule has 14 heavy (non-hydrogen) atoms. The molecule has 0 fully saturated rings. The van der Waals surface area contributed by atoms with E-state index >= 15 is 0 Å². The van der Waals surface area contributed by atoms with Gasteiger partial charge in [0.15, 0.2) is 11.6 Å². The molecular formula is C10H7BrF2O. The standard InChI is InChI=1S/C10H7BrF2O/c1-2-3-8(14)9-7(12)5-4-6(11)10(9)13/h2,4-5H,1,3H2. The van der Waals surface area contributed by atoms with Crippen molar-refractivity contribution >= 4 is 21.7 Å². The molecule has 4 heteroatoms. The third-order valence-electron chi connectivity index (χ3n) is 1.65. The second kappa shape index (κ2) is 4.46. The fourth-order valence-corrected chi connectivity index (χ4v) is 1.35. The lowest BCUT2D eigenvalue weighted by Gasteiger charge is -2.03. The van der Waals surface area contributed by atoms with Crippen LogP contribution in [0.5, 0.6) is 0 Å². The molecule has 0 aliphatic rings. The number of rotatable bonds is 3. The van der Waals surface area contributed by atoms with Gasteiger partial charge in [0.25, 0.3) is 0 Å². The highest BCUT2D eigenvalue weighted by molar-refractivity contribution is 9.10. The van der Waals surface area contributed by atoms with Crippen LogP contribution in [-0.2, 0) is 0 Å². The molecule has 0 aliphatic carbocycles. The summed E-state index contributed by atoms with van der Waals surface area (Å²) in [6, 6.07) is 2.26. The quantitative estimate of drug-likeness (QED) is 0.462. The molecular weight excluding hydrogens is 254 g/mol. The van der Waals surface area contributed by atoms with E-state index in [0.717, 1.165) is 6.07 Å². The lowest BCUT2D eigenvalue weighted by atomic mass is 10.1. The Hall–Kier alpha value is -1.03. The largest absolute Gasteiger partial charge is 0.294 e. The molecule has 0 heterocycles. The number of ketones is 1. The predicted octanol–water partition coefficient (Wildman–Crippen LogP) is 3.49. The summed E-state index contributed by atoms with van der Waals surface area (Å²) in [6.07, 6.45) is 1.23. The Morgan fingerprint density at radius 1 is 1.50 bits per heavy atom. The Labute approximate surface area is 88.6 Å². The van der Waals surface area contributed by atoms with Gasteiger partial charge in [-0.2, -0.15) is 0 Å². The number of hydrogen-bond donors (Lipinski definition) is 0. The van der Waals surface area contributed by atoms with E-state index in [9.17, 15) is 13.6 Å². The van der Waals surface area contributed by atoms with Crippen molar-refractivity contribution in [1.82, 2.24) is 0 Å². The van der Waals surface area contributed by atoms with E-state index in [4.69, 9.17) is 0 Å². The maximum atomic E-state index is 13.3.